The Morgan fingerprint density at radius 2 is 1.68 bits per heavy atom. The Labute approximate surface area is 154 Å². The molecule has 1 fully saturated rings. The van der Waals surface area contributed by atoms with Gasteiger partial charge >= 0.3 is 0 Å². The highest BCUT2D eigenvalue weighted by Crippen LogP contribution is 2.45. The van der Waals surface area contributed by atoms with E-state index in [1.807, 2.05) is 0 Å². The average Bonchev–Trinajstić information content (AvgIpc) is 3.05. The van der Waals surface area contributed by atoms with Crippen LogP contribution in [0.15, 0.2) is 66.7 Å². The third-order valence-electron chi connectivity index (χ3n) is 5.52. The van der Waals surface area contributed by atoms with Gasteiger partial charge in [-0.15, -0.1) is 12.4 Å². The van der Waals surface area contributed by atoms with Gasteiger partial charge in [0.25, 0.3) is 0 Å². The van der Waals surface area contributed by atoms with Crippen LogP contribution in [0, 0.1) is 5.92 Å². The Morgan fingerprint density at radius 1 is 0.880 bits per heavy atom. The van der Waals surface area contributed by atoms with Crippen LogP contribution in [0.2, 0.25) is 0 Å². The Kier molecular flexibility index (Phi) is 4.41. The van der Waals surface area contributed by atoms with Crippen molar-refractivity contribution in [3.8, 4) is 5.75 Å². The third-order valence-corrected chi connectivity index (χ3v) is 5.52. The molecule has 3 aromatic carbocycles. The van der Waals surface area contributed by atoms with Crippen LogP contribution in [0.25, 0.3) is 10.8 Å². The standard InChI is InChI=1S/C22H21NO.ClH/c1-2-6-16(7-3-1)12-23-13-18-15-24-22-19-9-5-4-8-17(19)10-11-20(22)21(18)14-23;/h1-11,18,21H,12-15H2;1H/t18-,21-;/m1./s1. The topological polar surface area (TPSA) is 12.5 Å². The van der Waals surface area contributed by atoms with E-state index >= 15 is 0 Å². The summed E-state index contributed by atoms with van der Waals surface area (Å²) >= 11 is 0. The second-order valence-electron chi connectivity index (χ2n) is 7.06. The molecule has 0 aliphatic carbocycles. The molecule has 25 heavy (non-hydrogen) atoms. The van der Waals surface area contributed by atoms with Crippen molar-refractivity contribution in [3.63, 3.8) is 0 Å². The lowest BCUT2D eigenvalue weighted by Crippen LogP contribution is -2.25. The van der Waals surface area contributed by atoms with Crippen LogP contribution in [0.5, 0.6) is 5.75 Å². The average molecular weight is 352 g/mol. The van der Waals surface area contributed by atoms with Crippen LogP contribution in [-0.2, 0) is 6.54 Å². The van der Waals surface area contributed by atoms with E-state index in [1.165, 1.54) is 21.9 Å². The van der Waals surface area contributed by atoms with Gasteiger partial charge in [0.2, 0.25) is 0 Å². The molecule has 0 bridgehead atoms. The fourth-order valence-electron chi connectivity index (χ4n) is 4.36. The molecule has 0 amide bonds. The first kappa shape index (κ1) is 16.4. The first-order valence-corrected chi connectivity index (χ1v) is 8.79. The zero-order valence-electron chi connectivity index (χ0n) is 14.1. The quantitative estimate of drug-likeness (QED) is 0.653. The summed E-state index contributed by atoms with van der Waals surface area (Å²) < 4.78 is 6.22. The predicted molar refractivity (Wildman–Crippen MR) is 105 cm³/mol. The molecule has 2 aliphatic rings. The largest absolute Gasteiger partial charge is 0.492 e. The number of halogens is 1. The van der Waals surface area contributed by atoms with E-state index in [0.717, 1.165) is 32.0 Å². The van der Waals surface area contributed by atoms with Crippen molar-refractivity contribution in [2.75, 3.05) is 19.7 Å². The van der Waals surface area contributed by atoms with Crippen LogP contribution in [0.3, 0.4) is 0 Å². The van der Waals surface area contributed by atoms with Crippen LogP contribution in [-0.4, -0.2) is 24.6 Å². The molecule has 3 heteroatoms. The van der Waals surface area contributed by atoms with Crippen LogP contribution in [0.1, 0.15) is 17.0 Å². The molecule has 5 rings (SSSR count). The second-order valence-corrected chi connectivity index (χ2v) is 7.06. The maximum Gasteiger partial charge on any atom is 0.130 e. The molecule has 0 spiro atoms. The minimum atomic E-state index is 0. The van der Waals surface area contributed by atoms with Gasteiger partial charge < -0.3 is 4.74 Å². The van der Waals surface area contributed by atoms with Gasteiger partial charge in [-0.05, 0) is 16.5 Å². The molecule has 2 heterocycles. The van der Waals surface area contributed by atoms with E-state index in [-0.39, 0.29) is 12.4 Å². The Hall–Kier alpha value is -2.03. The minimum Gasteiger partial charge on any atom is -0.492 e. The molecule has 2 aliphatic heterocycles. The van der Waals surface area contributed by atoms with Gasteiger partial charge in [-0.1, -0.05) is 66.7 Å². The Morgan fingerprint density at radius 3 is 2.56 bits per heavy atom. The third kappa shape index (κ3) is 2.90. The summed E-state index contributed by atoms with van der Waals surface area (Å²) in [6.45, 7) is 4.15. The number of rotatable bonds is 2. The summed E-state index contributed by atoms with van der Waals surface area (Å²) in [5.74, 6) is 2.33. The Balaban J connectivity index is 0.00000157. The summed E-state index contributed by atoms with van der Waals surface area (Å²) in [5, 5.41) is 2.53. The molecular formula is C22H22ClNO. The molecule has 0 N–H and O–H groups in total. The monoisotopic (exact) mass is 351 g/mol. The molecule has 0 aromatic heterocycles. The van der Waals surface area contributed by atoms with Crippen molar-refractivity contribution in [2.45, 2.75) is 12.5 Å². The lowest BCUT2D eigenvalue weighted by Gasteiger charge is -2.28. The first-order valence-electron chi connectivity index (χ1n) is 8.79. The van der Waals surface area contributed by atoms with Crippen molar-refractivity contribution in [1.82, 2.24) is 4.90 Å². The SMILES string of the molecule is Cl.c1ccc(CN2C[C@@H]3COc4c(ccc5ccccc45)[C@@H]3C2)cc1. The van der Waals surface area contributed by atoms with Gasteiger partial charge in [0, 0.05) is 36.9 Å². The number of ether oxygens (including phenoxy) is 1. The summed E-state index contributed by atoms with van der Waals surface area (Å²) in [5.41, 5.74) is 2.80. The fourth-order valence-corrected chi connectivity index (χ4v) is 4.36. The number of hydrogen-bond donors (Lipinski definition) is 0. The number of fused-ring (bicyclic) bond motifs is 5. The highest BCUT2D eigenvalue weighted by molar-refractivity contribution is 5.90. The molecular weight excluding hydrogens is 330 g/mol. The molecule has 0 unspecified atom stereocenters. The maximum absolute atomic E-state index is 6.22. The number of benzene rings is 3. The van der Waals surface area contributed by atoms with E-state index in [1.54, 1.807) is 0 Å². The predicted octanol–water partition coefficient (Wildman–Crippen LogP) is 4.87. The smallest absolute Gasteiger partial charge is 0.130 e. The van der Waals surface area contributed by atoms with E-state index in [0.29, 0.717) is 11.8 Å². The highest BCUT2D eigenvalue weighted by Gasteiger charge is 2.39. The second kappa shape index (κ2) is 6.70. The zero-order valence-corrected chi connectivity index (χ0v) is 14.9. The van der Waals surface area contributed by atoms with E-state index in [2.05, 4.69) is 71.6 Å². The van der Waals surface area contributed by atoms with Crippen LogP contribution >= 0.6 is 12.4 Å². The molecule has 0 saturated carbocycles. The lowest BCUT2D eigenvalue weighted by molar-refractivity contribution is 0.214. The molecule has 0 radical (unpaired) electrons. The minimum absolute atomic E-state index is 0. The highest BCUT2D eigenvalue weighted by atomic mass is 35.5. The van der Waals surface area contributed by atoms with Crippen molar-refractivity contribution >= 4 is 23.2 Å². The maximum atomic E-state index is 6.22. The van der Waals surface area contributed by atoms with E-state index in [9.17, 15) is 0 Å². The number of likely N-dealkylation sites (tertiary alicyclic amines) is 1. The van der Waals surface area contributed by atoms with Crippen molar-refractivity contribution in [2.24, 2.45) is 5.92 Å². The Bertz CT molecular complexity index is 880. The zero-order chi connectivity index (χ0) is 15.9. The van der Waals surface area contributed by atoms with Gasteiger partial charge in [0.1, 0.15) is 5.75 Å². The van der Waals surface area contributed by atoms with Gasteiger partial charge in [0.05, 0.1) is 6.61 Å². The summed E-state index contributed by atoms with van der Waals surface area (Å²) in [4.78, 5) is 2.58. The van der Waals surface area contributed by atoms with Crippen LogP contribution in [0.4, 0.5) is 0 Å². The van der Waals surface area contributed by atoms with Gasteiger partial charge in [-0.25, -0.2) is 0 Å². The molecule has 128 valence electrons. The molecule has 3 aromatic rings. The first-order chi connectivity index (χ1) is 11.9. The summed E-state index contributed by atoms with van der Waals surface area (Å²) in [7, 11) is 0. The lowest BCUT2D eigenvalue weighted by atomic mass is 9.85. The van der Waals surface area contributed by atoms with Gasteiger partial charge in [-0.3, -0.25) is 4.90 Å². The van der Waals surface area contributed by atoms with Gasteiger partial charge in [-0.2, -0.15) is 0 Å². The molecule has 1 saturated heterocycles. The number of nitrogens with zero attached hydrogens (tertiary/aromatic N) is 1. The summed E-state index contributed by atoms with van der Waals surface area (Å²) in [6, 6.07) is 23.9. The van der Waals surface area contributed by atoms with Crippen molar-refractivity contribution < 1.29 is 4.74 Å². The van der Waals surface area contributed by atoms with Crippen LogP contribution < -0.4 is 4.74 Å². The molecule has 2 atom stereocenters. The normalized spacial score (nSPS) is 21.9. The fraction of sp³-hybridized carbons (Fsp3) is 0.273. The summed E-state index contributed by atoms with van der Waals surface area (Å²) in [6.07, 6.45) is 0. The molecule has 2 nitrogen and oxygen atoms in total. The van der Waals surface area contributed by atoms with E-state index in [4.69, 9.17) is 4.74 Å². The van der Waals surface area contributed by atoms with Gasteiger partial charge in [0.15, 0.2) is 0 Å². The van der Waals surface area contributed by atoms with Crippen molar-refractivity contribution in [1.29, 1.82) is 0 Å². The van der Waals surface area contributed by atoms with E-state index < -0.39 is 0 Å². The number of hydrogen-bond acceptors (Lipinski definition) is 2. The van der Waals surface area contributed by atoms with Crippen molar-refractivity contribution in [3.05, 3.63) is 77.9 Å².